The highest BCUT2D eigenvalue weighted by Gasteiger charge is 2.46. The van der Waals surface area contributed by atoms with Crippen molar-refractivity contribution < 1.29 is 23.5 Å². The molecule has 0 radical (unpaired) electrons. The van der Waals surface area contributed by atoms with Gasteiger partial charge in [0, 0.05) is 36.2 Å². The predicted octanol–water partition coefficient (Wildman–Crippen LogP) is 4.16. The molecule has 2 atom stereocenters. The average molecular weight is 544 g/mol. The summed E-state index contributed by atoms with van der Waals surface area (Å²) < 4.78 is 27.5. The molecular formula is C29H22FN3O5S. The van der Waals surface area contributed by atoms with Crippen molar-refractivity contribution in [2.24, 2.45) is 0 Å². The zero-order valence-electron chi connectivity index (χ0n) is 20.8. The molecule has 2 aliphatic heterocycles. The topological polar surface area (TPSA) is 81.1 Å². The van der Waals surface area contributed by atoms with Crippen LogP contribution in [0, 0.1) is 5.82 Å². The van der Waals surface area contributed by atoms with E-state index < -0.39 is 29.5 Å². The van der Waals surface area contributed by atoms with Gasteiger partial charge in [-0.05, 0) is 45.8 Å². The Kier molecular flexibility index (Phi) is 5.43. The van der Waals surface area contributed by atoms with Gasteiger partial charge in [-0.2, -0.15) is 0 Å². The van der Waals surface area contributed by atoms with E-state index in [9.17, 15) is 18.8 Å². The number of hydrogen-bond donors (Lipinski definition) is 0. The van der Waals surface area contributed by atoms with Crippen molar-refractivity contribution in [1.29, 1.82) is 0 Å². The minimum absolute atomic E-state index is 0.0315. The fourth-order valence-corrected chi connectivity index (χ4v) is 6.84. The van der Waals surface area contributed by atoms with E-state index in [1.54, 1.807) is 33.0 Å². The lowest BCUT2D eigenvalue weighted by Crippen LogP contribution is -2.66. The fourth-order valence-electron chi connectivity index (χ4n) is 5.89. The number of halogens is 1. The summed E-state index contributed by atoms with van der Waals surface area (Å²) in [5, 5.41) is 3.98. The fraction of sp³-hybridized carbons (Fsp3) is 0.207. The molecule has 8 nitrogen and oxygen atoms in total. The number of aromatic nitrogens is 1. The second-order valence-electron chi connectivity index (χ2n) is 9.61. The minimum atomic E-state index is -0.699. The number of fused-ring (bicyclic) bond motifs is 7. The Morgan fingerprint density at radius 1 is 1.05 bits per heavy atom. The summed E-state index contributed by atoms with van der Waals surface area (Å²) in [6, 6.07) is 15.5. The van der Waals surface area contributed by atoms with Crippen LogP contribution in [-0.2, 0) is 9.53 Å². The van der Waals surface area contributed by atoms with Crippen molar-refractivity contribution in [2.75, 3.05) is 24.8 Å². The number of benzene rings is 2. The monoisotopic (exact) mass is 543 g/mol. The lowest BCUT2D eigenvalue weighted by molar-refractivity contribution is -0.132. The van der Waals surface area contributed by atoms with Gasteiger partial charge in [-0.25, -0.2) is 4.39 Å². The van der Waals surface area contributed by atoms with Crippen LogP contribution in [0.5, 0.6) is 5.75 Å². The third-order valence-electron chi connectivity index (χ3n) is 7.43. The van der Waals surface area contributed by atoms with Crippen LogP contribution >= 0.6 is 11.3 Å². The number of hydrogen-bond acceptors (Lipinski definition) is 7. The molecule has 2 unspecified atom stereocenters. The highest BCUT2D eigenvalue weighted by Crippen LogP contribution is 2.50. The van der Waals surface area contributed by atoms with Crippen molar-refractivity contribution in [3.8, 4) is 27.3 Å². The van der Waals surface area contributed by atoms with Crippen LogP contribution in [0.25, 0.3) is 21.6 Å². The number of pyridine rings is 1. The van der Waals surface area contributed by atoms with Crippen LogP contribution in [0.2, 0.25) is 0 Å². The first-order valence-electron chi connectivity index (χ1n) is 12.5. The van der Waals surface area contributed by atoms with Crippen LogP contribution in [0.15, 0.2) is 71.0 Å². The van der Waals surface area contributed by atoms with Crippen molar-refractivity contribution in [3.63, 3.8) is 0 Å². The Morgan fingerprint density at radius 3 is 2.72 bits per heavy atom. The molecule has 10 heteroatoms. The number of esters is 1. The SMILES string of the molecule is CC(=O)Oc1c2n(ccc1=O)N(C1c3ccc(F)cc3-c3ccsc3-c3ccccc31)C1COCCN1C2=O. The third-order valence-corrected chi connectivity index (χ3v) is 8.38. The van der Waals surface area contributed by atoms with E-state index >= 15 is 0 Å². The Balaban J connectivity index is 1.56. The van der Waals surface area contributed by atoms with Crippen molar-refractivity contribution in [3.05, 3.63) is 99.0 Å². The van der Waals surface area contributed by atoms with Gasteiger partial charge in [-0.1, -0.05) is 30.3 Å². The van der Waals surface area contributed by atoms with Crippen LogP contribution in [-0.4, -0.2) is 47.4 Å². The summed E-state index contributed by atoms with van der Waals surface area (Å²) >= 11 is 1.58. The van der Waals surface area contributed by atoms with E-state index in [1.165, 1.54) is 25.3 Å². The summed E-state index contributed by atoms with van der Waals surface area (Å²) in [5.41, 5.74) is 3.85. The highest BCUT2D eigenvalue weighted by atomic mass is 32.1. The highest BCUT2D eigenvalue weighted by molar-refractivity contribution is 7.14. The van der Waals surface area contributed by atoms with Gasteiger partial charge in [0.1, 0.15) is 12.0 Å². The number of carbonyl (C=O) groups excluding carboxylic acids is 2. The number of rotatable bonds is 2. The first-order chi connectivity index (χ1) is 18.9. The molecule has 0 N–H and O–H groups in total. The summed E-state index contributed by atoms with van der Waals surface area (Å²) in [6.45, 7) is 2.03. The Labute approximate surface area is 226 Å². The van der Waals surface area contributed by atoms with Gasteiger partial charge in [0.15, 0.2) is 5.69 Å². The van der Waals surface area contributed by atoms with E-state index in [1.807, 2.05) is 40.7 Å². The smallest absolute Gasteiger partial charge is 0.308 e. The number of morpholine rings is 1. The molecule has 4 aromatic rings. The second kappa shape index (κ2) is 8.89. The van der Waals surface area contributed by atoms with Gasteiger partial charge < -0.3 is 14.4 Å². The van der Waals surface area contributed by atoms with Crippen LogP contribution in [0.1, 0.15) is 34.6 Å². The first-order valence-corrected chi connectivity index (χ1v) is 13.4. The van der Waals surface area contributed by atoms with Gasteiger partial charge in [0.2, 0.25) is 11.2 Å². The summed E-state index contributed by atoms with van der Waals surface area (Å²) in [7, 11) is 0. The van der Waals surface area contributed by atoms with E-state index in [0.29, 0.717) is 13.2 Å². The molecule has 2 aromatic carbocycles. The maximum atomic E-state index is 14.7. The zero-order chi connectivity index (χ0) is 26.8. The number of nitrogens with zero attached hydrogens (tertiary/aromatic N) is 3. The quantitative estimate of drug-likeness (QED) is 0.353. The molecule has 196 valence electrons. The minimum Gasteiger partial charge on any atom is -0.420 e. The van der Waals surface area contributed by atoms with Crippen LogP contribution < -0.4 is 15.2 Å². The lowest BCUT2D eigenvalue weighted by atomic mass is 9.92. The second-order valence-corrected chi connectivity index (χ2v) is 10.5. The molecule has 39 heavy (non-hydrogen) atoms. The number of thiophene rings is 1. The standard InChI is InChI=1S/C29H22FN3O5S/c1-16(34)38-27-23(35)8-10-32-26(27)29(36)31-11-12-37-15-24(31)33(32)25-18-4-2-3-5-20(18)28-21(9-13-39-28)22-14-17(30)6-7-19(22)25/h2-10,13-14,24-25H,11-12,15H2,1H3. The van der Waals surface area contributed by atoms with Crippen molar-refractivity contribution >= 4 is 23.2 Å². The molecule has 1 saturated heterocycles. The Morgan fingerprint density at radius 2 is 1.87 bits per heavy atom. The maximum absolute atomic E-state index is 14.7. The molecular weight excluding hydrogens is 521 g/mol. The van der Waals surface area contributed by atoms with E-state index in [2.05, 4.69) is 0 Å². The normalized spacial score (nSPS) is 19.3. The molecule has 1 amide bonds. The molecule has 0 spiro atoms. The zero-order valence-corrected chi connectivity index (χ0v) is 21.6. The largest absolute Gasteiger partial charge is 0.420 e. The maximum Gasteiger partial charge on any atom is 0.308 e. The summed E-state index contributed by atoms with van der Waals surface area (Å²) in [6.07, 6.45) is 0.986. The molecule has 0 saturated carbocycles. The molecule has 1 fully saturated rings. The summed E-state index contributed by atoms with van der Waals surface area (Å²) in [5.74, 6) is -1.79. The van der Waals surface area contributed by atoms with Crippen LogP contribution in [0.4, 0.5) is 4.39 Å². The van der Waals surface area contributed by atoms with Crippen molar-refractivity contribution in [2.45, 2.75) is 19.1 Å². The molecule has 3 aliphatic rings. The van der Waals surface area contributed by atoms with Gasteiger partial charge in [-0.3, -0.25) is 24.1 Å². The predicted molar refractivity (Wildman–Crippen MR) is 143 cm³/mol. The van der Waals surface area contributed by atoms with Crippen molar-refractivity contribution in [1.82, 2.24) is 9.58 Å². The molecule has 2 aromatic heterocycles. The number of carbonyl (C=O) groups is 2. The number of ether oxygens (including phenoxy) is 2. The van der Waals surface area contributed by atoms with E-state index in [0.717, 1.165) is 32.7 Å². The van der Waals surface area contributed by atoms with Gasteiger partial charge in [0.25, 0.3) is 5.91 Å². The Bertz CT molecular complexity index is 1730. The van der Waals surface area contributed by atoms with Gasteiger partial charge >= 0.3 is 5.97 Å². The molecule has 1 aliphatic carbocycles. The first kappa shape index (κ1) is 23.8. The molecule has 4 heterocycles. The van der Waals surface area contributed by atoms with E-state index in [4.69, 9.17) is 9.47 Å². The van der Waals surface area contributed by atoms with E-state index in [-0.39, 0.29) is 23.9 Å². The van der Waals surface area contributed by atoms with Gasteiger partial charge in [0.05, 0.1) is 19.3 Å². The lowest BCUT2D eigenvalue weighted by Gasteiger charge is -2.51. The average Bonchev–Trinajstić information content (AvgIpc) is 3.39. The molecule has 7 rings (SSSR count). The Hall–Kier alpha value is -4.28. The third kappa shape index (κ3) is 3.55. The van der Waals surface area contributed by atoms with Crippen LogP contribution in [0.3, 0.4) is 0 Å². The number of amides is 1. The summed E-state index contributed by atoms with van der Waals surface area (Å²) in [4.78, 5) is 41.3. The molecule has 0 bridgehead atoms. The van der Waals surface area contributed by atoms with Gasteiger partial charge in [-0.15, -0.1) is 11.3 Å².